The molecule has 2 aromatic heterocycles. The Morgan fingerprint density at radius 1 is 1.19 bits per heavy atom. The summed E-state index contributed by atoms with van der Waals surface area (Å²) in [7, 11) is 0. The molecule has 196 valence electrons. The van der Waals surface area contributed by atoms with Crippen molar-refractivity contribution in [1.82, 2.24) is 9.88 Å². The molecule has 0 radical (unpaired) electrons. The van der Waals surface area contributed by atoms with Gasteiger partial charge in [0.1, 0.15) is 15.8 Å². The van der Waals surface area contributed by atoms with Crippen molar-refractivity contribution in [1.29, 1.82) is 0 Å². The van der Waals surface area contributed by atoms with Gasteiger partial charge in [-0.2, -0.15) is 0 Å². The van der Waals surface area contributed by atoms with E-state index in [0.717, 1.165) is 47.3 Å². The van der Waals surface area contributed by atoms with E-state index < -0.39 is 5.97 Å². The Bertz CT molecular complexity index is 1300. The number of ether oxygens (including phenoxy) is 1. The van der Waals surface area contributed by atoms with Crippen LogP contribution >= 0.6 is 11.3 Å². The van der Waals surface area contributed by atoms with Gasteiger partial charge in [-0.25, -0.2) is 14.6 Å². The second kappa shape index (κ2) is 10.3. The number of rotatable bonds is 5. The normalized spacial score (nSPS) is 18.5. The number of hydrogen-bond acceptors (Lipinski definition) is 6. The van der Waals surface area contributed by atoms with Gasteiger partial charge in [0.05, 0.1) is 5.69 Å². The van der Waals surface area contributed by atoms with Crippen molar-refractivity contribution in [2.75, 3.05) is 24.1 Å². The fraction of sp³-hybridized carbons (Fsp3) is 0.483. The Hall–Kier alpha value is -3.13. The number of nitrogens with zero attached hydrogens (tertiary/aromatic N) is 2. The number of thiophene rings is 1. The van der Waals surface area contributed by atoms with Crippen LogP contribution in [0.25, 0.3) is 10.2 Å². The molecule has 0 saturated carbocycles. The number of para-hydroxylation sites is 1. The lowest BCUT2D eigenvalue weighted by Crippen LogP contribution is -2.43. The molecule has 3 heterocycles. The molecule has 3 aromatic rings. The minimum atomic E-state index is -0.393. The van der Waals surface area contributed by atoms with Crippen LogP contribution in [0.3, 0.4) is 0 Å². The number of esters is 1. The summed E-state index contributed by atoms with van der Waals surface area (Å²) in [5.74, 6) is 0.227. The molecule has 3 N–H and O–H groups in total. The summed E-state index contributed by atoms with van der Waals surface area (Å²) in [6, 6.07) is 11.4. The molecule has 1 aromatic carbocycles. The molecule has 5 rings (SSSR count). The van der Waals surface area contributed by atoms with Crippen LogP contribution in [0, 0.1) is 11.3 Å². The Labute approximate surface area is 222 Å². The maximum absolute atomic E-state index is 13.1. The van der Waals surface area contributed by atoms with E-state index in [0.29, 0.717) is 47.8 Å². The van der Waals surface area contributed by atoms with Gasteiger partial charge in [-0.05, 0) is 54.4 Å². The average Bonchev–Trinajstić information content (AvgIpc) is 3.23. The number of amides is 2. The number of aryl methyl sites for hydroxylation is 1. The molecule has 1 atom stereocenters. The van der Waals surface area contributed by atoms with Crippen LogP contribution in [-0.2, 0) is 17.6 Å². The Balaban J connectivity index is 1.22. The van der Waals surface area contributed by atoms with E-state index in [4.69, 9.17) is 15.5 Å². The van der Waals surface area contributed by atoms with Crippen LogP contribution in [0.1, 0.15) is 67.4 Å². The predicted molar refractivity (Wildman–Crippen MR) is 149 cm³/mol. The number of aromatic nitrogens is 1. The summed E-state index contributed by atoms with van der Waals surface area (Å²) < 4.78 is 5.84. The smallest absolute Gasteiger partial charge is 0.350 e. The van der Waals surface area contributed by atoms with Crippen molar-refractivity contribution < 1.29 is 14.3 Å². The summed E-state index contributed by atoms with van der Waals surface area (Å²) in [5.41, 5.74) is 10.4. The van der Waals surface area contributed by atoms with Gasteiger partial charge in [0.25, 0.3) is 0 Å². The third-order valence-electron chi connectivity index (χ3n) is 8.32. The van der Waals surface area contributed by atoms with Crippen molar-refractivity contribution in [3.8, 4) is 0 Å². The first-order valence-electron chi connectivity index (χ1n) is 13.3. The zero-order valence-electron chi connectivity index (χ0n) is 21.9. The highest BCUT2D eigenvalue weighted by atomic mass is 32.1. The minimum absolute atomic E-state index is 0.135. The molecule has 1 aliphatic heterocycles. The first-order valence-corrected chi connectivity index (χ1v) is 14.1. The highest BCUT2D eigenvalue weighted by Gasteiger charge is 2.33. The van der Waals surface area contributed by atoms with E-state index in [2.05, 4.69) is 32.2 Å². The van der Waals surface area contributed by atoms with Gasteiger partial charge in [0.2, 0.25) is 0 Å². The monoisotopic (exact) mass is 520 g/mol. The topological polar surface area (TPSA) is 97.5 Å². The summed E-state index contributed by atoms with van der Waals surface area (Å²) >= 11 is 1.33. The van der Waals surface area contributed by atoms with Crippen LogP contribution < -0.4 is 11.1 Å². The first kappa shape index (κ1) is 25.5. The van der Waals surface area contributed by atoms with Crippen molar-refractivity contribution in [2.24, 2.45) is 11.3 Å². The van der Waals surface area contributed by atoms with Gasteiger partial charge in [0, 0.05) is 42.7 Å². The zero-order valence-corrected chi connectivity index (χ0v) is 22.7. The van der Waals surface area contributed by atoms with E-state index in [1.54, 1.807) is 4.90 Å². The number of nitrogen functional groups attached to an aromatic ring is 1. The molecule has 1 fully saturated rings. The number of anilines is 2. The van der Waals surface area contributed by atoms with Crippen LogP contribution in [0.4, 0.5) is 16.2 Å². The lowest BCUT2D eigenvalue weighted by atomic mass is 9.69. The number of hydrogen-bond donors (Lipinski definition) is 2. The molecule has 8 heteroatoms. The number of pyridine rings is 1. The summed E-state index contributed by atoms with van der Waals surface area (Å²) in [6.07, 6.45) is 5.22. The maximum Gasteiger partial charge on any atom is 0.350 e. The number of nitrogens with two attached hydrogens (primary N) is 1. The zero-order chi connectivity index (χ0) is 26.2. The van der Waals surface area contributed by atoms with Gasteiger partial charge in [-0.1, -0.05) is 45.4 Å². The molecule has 7 nitrogen and oxygen atoms in total. The predicted octanol–water partition coefficient (Wildman–Crippen LogP) is 6.27. The summed E-state index contributed by atoms with van der Waals surface area (Å²) in [5, 5.41) is 3.77. The van der Waals surface area contributed by atoms with Crippen LogP contribution in [0.2, 0.25) is 0 Å². The van der Waals surface area contributed by atoms with Crippen molar-refractivity contribution in [2.45, 2.75) is 65.4 Å². The number of carbonyl (C=O) groups is 2. The minimum Gasteiger partial charge on any atom is -0.458 e. The van der Waals surface area contributed by atoms with Crippen molar-refractivity contribution in [3.05, 3.63) is 52.5 Å². The van der Waals surface area contributed by atoms with Gasteiger partial charge in [-0.3, -0.25) is 0 Å². The molecule has 1 unspecified atom stereocenters. The summed E-state index contributed by atoms with van der Waals surface area (Å²) in [6.45, 7) is 8.02. The second-order valence-electron chi connectivity index (χ2n) is 11.0. The highest BCUT2D eigenvalue weighted by Crippen LogP contribution is 2.42. The molecule has 2 aliphatic rings. The number of fused-ring (bicyclic) bond motifs is 2. The molecule has 1 aliphatic carbocycles. The number of benzene rings is 1. The molecule has 37 heavy (non-hydrogen) atoms. The van der Waals surface area contributed by atoms with Crippen LogP contribution in [0.5, 0.6) is 0 Å². The van der Waals surface area contributed by atoms with Gasteiger partial charge >= 0.3 is 12.0 Å². The van der Waals surface area contributed by atoms with Crippen molar-refractivity contribution in [3.63, 3.8) is 0 Å². The molecule has 0 spiro atoms. The lowest BCUT2D eigenvalue weighted by molar-refractivity contribution is 0.0164. The first-order chi connectivity index (χ1) is 17.7. The number of likely N-dealkylation sites (tertiary alicyclic amines) is 1. The molecular formula is C29H36N4O3S. The van der Waals surface area contributed by atoms with E-state index >= 15 is 0 Å². The molecular weight excluding hydrogens is 484 g/mol. The number of piperidine rings is 1. The maximum atomic E-state index is 13.1. The van der Waals surface area contributed by atoms with Crippen LogP contribution in [0.15, 0.2) is 36.4 Å². The third kappa shape index (κ3) is 5.30. The average molecular weight is 521 g/mol. The van der Waals surface area contributed by atoms with Gasteiger partial charge in [0.15, 0.2) is 0 Å². The van der Waals surface area contributed by atoms with E-state index in [-0.39, 0.29) is 12.1 Å². The quantitative estimate of drug-likeness (QED) is 0.386. The van der Waals surface area contributed by atoms with E-state index in [9.17, 15) is 9.59 Å². The fourth-order valence-electron chi connectivity index (χ4n) is 5.40. The van der Waals surface area contributed by atoms with Crippen LogP contribution in [-0.4, -0.2) is 41.1 Å². The molecule has 2 amide bonds. The fourth-order valence-corrected chi connectivity index (χ4v) is 6.38. The van der Waals surface area contributed by atoms with E-state index in [1.807, 2.05) is 30.3 Å². The highest BCUT2D eigenvalue weighted by molar-refractivity contribution is 7.21. The Kier molecular flexibility index (Phi) is 7.12. The Morgan fingerprint density at radius 3 is 2.62 bits per heavy atom. The van der Waals surface area contributed by atoms with Gasteiger partial charge < -0.3 is 20.7 Å². The second-order valence-corrected chi connectivity index (χ2v) is 12.0. The third-order valence-corrected chi connectivity index (χ3v) is 9.41. The standard InChI is InChI=1S/C29H36N4O3S/c1-4-29(2,3)19-10-11-23-18(16-19)17-22-24(30)25(37-26(22)32-23)27(34)36-21-12-14-33(15-13-21)28(35)31-20-8-6-5-7-9-20/h5-9,17,19,21H,4,10-16,30H2,1-3H3,(H,31,35). The molecule has 0 bridgehead atoms. The van der Waals surface area contributed by atoms with E-state index in [1.165, 1.54) is 16.9 Å². The number of nitrogens with one attached hydrogen (secondary N) is 1. The SMILES string of the molecule is CCC(C)(C)C1CCc2nc3sc(C(=O)OC4CCN(C(=O)Nc5ccccc5)CC4)c(N)c3cc2C1. The van der Waals surface area contributed by atoms with Gasteiger partial charge in [-0.15, -0.1) is 11.3 Å². The summed E-state index contributed by atoms with van der Waals surface area (Å²) in [4.78, 5) is 33.5. The largest absolute Gasteiger partial charge is 0.458 e. The lowest BCUT2D eigenvalue weighted by Gasteiger charge is -2.36. The molecule has 1 saturated heterocycles. The number of urea groups is 1. The van der Waals surface area contributed by atoms with Crippen molar-refractivity contribution >= 4 is 44.9 Å². The Morgan fingerprint density at radius 2 is 1.92 bits per heavy atom. The number of carbonyl (C=O) groups excluding carboxylic acids is 2.